The highest BCUT2D eigenvalue weighted by Gasteiger charge is 2.18. The van der Waals surface area contributed by atoms with E-state index in [2.05, 4.69) is 0 Å². The molecule has 0 spiro atoms. The predicted molar refractivity (Wildman–Crippen MR) is 84.9 cm³/mol. The second-order valence-corrected chi connectivity index (χ2v) is 5.56. The van der Waals surface area contributed by atoms with Crippen LogP contribution in [0.15, 0.2) is 36.4 Å². The van der Waals surface area contributed by atoms with Gasteiger partial charge in [-0.3, -0.25) is 0 Å². The van der Waals surface area contributed by atoms with Crippen LogP contribution in [0.1, 0.15) is 17.0 Å². The minimum Gasteiger partial charge on any atom is -0.495 e. The predicted octanol–water partition coefficient (Wildman–Crippen LogP) is 4.43. The maximum absolute atomic E-state index is 14.0. The highest BCUT2D eigenvalue weighted by atomic mass is 35.5. The SMILES string of the molecule is COc1ccc(CC(CN)c2c(F)cccc2Cl)cc1Cl. The smallest absolute Gasteiger partial charge is 0.137 e. The Hall–Kier alpha value is -1.29. The number of hydrogen-bond donors (Lipinski definition) is 1. The van der Waals surface area contributed by atoms with Crippen molar-refractivity contribution in [2.24, 2.45) is 5.73 Å². The number of methoxy groups -OCH3 is 1. The van der Waals surface area contributed by atoms with Crippen LogP contribution in [0.3, 0.4) is 0 Å². The summed E-state index contributed by atoms with van der Waals surface area (Å²) in [5.74, 6) is 0.0642. The van der Waals surface area contributed by atoms with Crippen molar-refractivity contribution < 1.29 is 9.13 Å². The second-order valence-electron chi connectivity index (χ2n) is 4.74. The van der Waals surface area contributed by atoms with Crippen LogP contribution >= 0.6 is 23.2 Å². The molecule has 0 fully saturated rings. The number of halogens is 3. The van der Waals surface area contributed by atoms with Gasteiger partial charge in [-0.15, -0.1) is 0 Å². The van der Waals surface area contributed by atoms with Gasteiger partial charge in [0, 0.05) is 16.5 Å². The Bertz CT molecular complexity index is 613. The summed E-state index contributed by atoms with van der Waals surface area (Å²) in [6, 6.07) is 10.1. The van der Waals surface area contributed by atoms with Crippen molar-refractivity contribution in [2.45, 2.75) is 12.3 Å². The van der Waals surface area contributed by atoms with E-state index in [-0.39, 0.29) is 11.7 Å². The fourth-order valence-electron chi connectivity index (χ4n) is 2.33. The van der Waals surface area contributed by atoms with Crippen LogP contribution in [0, 0.1) is 5.82 Å². The monoisotopic (exact) mass is 327 g/mol. The Morgan fingerprint density at radius 2 is 1.95 bits per heavy atom. The zero-order valence-electron chi connectivity index (χ0n) is 11.6. The summed E-state index contributed by atoms with van der Waals surface area (Å²) in [5.41, 5.74) is 7.21. The maximum Gasteiger partial charge on any atom is 0.137 e. The molecule has 0 saturated heterocycles. The zero-order chi connectivity index (χ0) is 15.4. The van der Waals surface area contributed by atoms with Gasteiger partial charge in [0.15, 0.2) is 0 Å². The number of benzene rings is 2. The highest BCUT2D eigenvalue weighted by Crippen LogP contribution is 2.31. The lowest BCUT2D eigenvalue weighted by atomic mass is 9.91. The topological polar surface area (TPSA) is 35.2 Å². The van der Waals surface area contributed by atoms with E-state index in [1.807, 2.05) is 6.07 Å². The number of ether oxygens (including phenoxy) is 1. The van der Waals surface area contributed by atoms with Gasteiger partial charge in [0.05, 0.1) is 12.1 Å². The molecule has 0 heterocycles. The number of hydrogen-bond acceptors (Lipinski definition) is 2. The molecular weight excluding hydrogens is 312 g/mol. The van der Waals surface area contributed by atoms with Gasteiger partial charge >= 0.3 is 0 Å². The first-order valence-electron chi connectivity index (χ1n) is 6.53. The Balaban J connectivity index is 2.29. The van der Waals surface area contributed by atoms with Crippen LogP contribution in [0.4, 0.5) is 4.39 Å². The molecule has 2 N–H and O–H groups in total. The van der Waals surface area contributed by atoms with Gasteiger partial charge in [0.1, 0.15) is 11.6 Å². The van der Waals surface area contributed by atoms with Gasteiger partial charge in [0.25, 0.3) is 0 Å². The number of nitrogens with two attached hydrogens (primary N) is 1. The largest absolute Gasteiger partial charge is 0.495 e. The Labute approximate surface area is 133 Å². The zero-order valence-corrected chi connectivity index (χ0v) is 13.1. The van der Waals surface area contributed by atoms with Crippen LogP contribution in [0.2, 0.25) is 10.0 Å². The van der Waals surface area contributed by atoms with Crippen molar-refractivity contribution in [3.05, 3.63) is 63.4 Å². The van der Waals surface area contributed by atoms with Crippen molar-refractivity contribution in [1.82, 2.24) is 0 Å². The Kier molecular flexibility index (Phi) is 5.45. The molecule has 0 amide bonds. The van der Waals surface area contributed by atoms with E-state index in [1.165, 1.54) is 6.07 Å². The summed E-state index contributed by atoms with van der Waals surface area (Å²) < 4.78 is 19.1. The van der Waals surface area contributed by atoms with Crippen LogP contribution in [0.5, 0.6) is 5.75 Å². The Morgan fingerprint density at radius 1 is 1.19 bits per heavy atom. The average Bonchev–Trinajstić information content (AvgIpc) is 2.46. The molecule has 0 radical (unpaired) electrons. The summed E-state index contributed by atoms with van der Waals surface area (Å²) in [5, 5.41) is 0.912. The van der Waals surface area contributed by atoms with Crippen LogP contribution in [-0.4, -0.2) is 13.7 Å². The van der Waals surface area contributed by atoms with Crippen LogP contribution in [-0.2, 0) is 6.42 Å². The van der Waals surface area contributed by atoms with Crippen LogP contribution < -0.4 is 10.5 Å². The standard InChI is InChI=1S/C16H16Cl2FNO/c1-21-15-6-5-10(8-13(15)18)7-11(9-20)16-12(17)3-2-4-14(16)19/h2-6,8,11H,7,9,20H2,1H3. The van der Waals surface area contributed by atoms with E-state index in [1.54, 1.807) is 31.4 Å². The van der Waals surface area contributed by atoms with Crippen molar-refractivity contribution >= 4 is 23.2 Å². The molecule has 21 heavy (non-hydrogen) atoms. The molecule has 0 saturated carbocycles. The van der Waals surface area contributed by atoms with Crippen molar-refractivity contribution in [1.29, 1.82) is 0 Å². The van der Waals surface area contributed by atoms with Gasteiger partial charge < -0.3 is 10.5 Å². The quantitative estimate of drug-likeness (QED) is 0.881. The summed E-state index contributed by atoms with van der Waals surface area (Å²) in [6.07, 6.45) is 0.556. The molecule has 1 atom stereocenters. The van der Waals surface area contributed by atoms with Crippen LogP contribution in [0.25, 0.3) is 0 Å². The lowest BCUT2D eigenvalue weighted by molar-refractivity contribution is 0.415. The lowest BCUT2D eigenvalue weighted by Gasteiger charge is -2.18. The molecule has 0 bridgehead atoms. The van der Waals surface area contributed by atoms with Gasteiger partial charge in [-0.2, -0.15) is 0 Å². The van der Waals surface area contributed by atoms with E-state index >= 15 is 0 Å². The first kappa shape index (κ1) is 16.1. The molecule has 0 aliphatic carbocycles. The third-order valence-electron chi connectivity index (χ3n) is 3.39. The fraction of sp³-hybridized carbons (Fsp3) is 0.250. The molecule has 2 aromatic carbocycles. The van der Waals surface area contributed by atoms with E-state index < -0.39 is 0 Å². The molecule has 1 unspecified atom stereocenters. The van der Waals surface area contributed by atoms with E-state index in [4.69, 9.17) is 33.7 Å². The molecule has 2 nitrogen and oxygen atoms in total. The summed E-state index contributed by atoms with van der Waals surface area (Å²) in [6.45, 7) is 0.296. The minimum absolute atomic E-state index is 0.205. The molecule has 112 valence electrons. The van der Waals surface area contributed by atoms with E-state index in [0.29, 0.717) is 34.3 Å². The van der Waals surface area contributed by atoms with Gasteiger partial charge in [-0.25, -0.2) is 4.39 Å². The third kappa shape index (κ3) is 3.67. The Morgan fingerprint density at radius 3 is 2.52 bits per heavy atom. The van der Waals surface area contributed by atoms with Gasteiger partial charge in [0.2, 0.25) is 0 Å². The number of rotatable bonds is 5. The average molecular weight is 328 g/mol. The van der Waals surface area contributed by atoms with Crippen molar-refractivity contribution in [3.8, 4) is 5.75 Å². The summed E-state index contributed by atoms with van der Waals surface area (Å²) in [4.78, 5) is 0. The molecule has 2 rings (SSSR count). The third-order valence-corrected chi connectivity index (χ3v) is 4.02. The fourth-order valence-corrected chi connectivity index (χ4v) is 2.92. The molecule has 0 aliphatic rings. The second kappa shape index (κ2) is 7.12. The van der Waals surface area contributed by atoms with Crippen molar-refractivity contribution in [3.63, 3.8) is 0 Å². The van der Waals surface area contributed by atoms with Crippen molar-refractivity contribution in [2.75, 3.05) is 13.7 Å². The molecular formula is C16H16Cl2FNO. The maximum atomic E-state index is 14.0. The van der Waals surface area contributed by atoms with E-state index in [9.17, 15) is 4.39 Å². The van der Waals surface area contributed by atoms with Gasteiger partial charge in [-0.1, -0.05) is 35.3 Å². The molecule has 0 aromatic heterocycles. The normalized spacial score (nSPS) is 12.2. The molecule has 0 aliphatic heterocycles. The van der Waals surface area contributed by atoms with Gasteiger partial charge in [-0.05, 0) is 42.8 Å². The molecule has 5 heteroatoms. The first-order chi connectivity index (χ1) is 10.1. The minimum atomic E-state index is -0.336. The summed E-state index contributed by atoms with van der Waals surface area (Å²) >= 11 is 12.2. The molecule has 2 aromatic rings. The summed E-state index contributed by atoms with van der Waals surface area (Å²) in [7, 11) is 1.56. The van der Waals surface area contributed by atoms with E-state index in [0.717, 1.165) is 5.56 Å². The first-order valence-corrected chi connectivity index (χ1v) is 7.28. The lowest BCUT2D eigenvalue weighted by Crippen LogP contribution is -2.17. The highest BCUT2D eigenvalue weighted by molar-refractivity contribution is 6.32.